The molecule has 0 bridgehead atoms. The van der Waals surface area contributed by atoms with Gasteiger partial charge in [-0.05, 0) is 39.0 Å². The van der Waals surface area contributed by atoms with Crippen LogP contribution < -0.4 is 20.1 Å². The Bertz CT molecular complexity index is 747. The van der Waals surface area contributed by atoms with Crippen LogP contribution in [0.3, 0.4) is 0 Å². The molecule has 0 radical (unpaired) electrons. The minimum absolute atomic E-state index is 0.0177. The van der Waals surface area contributed by atoms with E-state index >= 15 is 0 Å². The Balaban J connectivity index is 2.72. The van der Waals surface area contributed by atoms with Crippen LogP contribution in [0.4, 0.5) is 8.78 Å². The van der Waals surface area contributed by atoms with Gasteiger partial charge < -0.3 is 20.1 Å². The van der Waals surface area contributed by atoms with Crippen molar-refractivity contribution in [1.29, 1.82) is 0 Å². The third-order valence-corrected chi connectivity index (χ3v) is 6.36. The van der Waals surface area contributed by atoms with Crippen LogP contribution in [0.1, 0.15) is 26.3 Å². The Hall–Kier alpha value is -2.10. The number of nitrogens with one attached hydrogen (secondary N) is 2. The van der Waals surface area contributed by atoms with Gasteiger partial charge in [-0.2, -0.15) is 8.78 Å². The largest absolute Gasteiger partial charge is 0.497 e. The molecule has 2 N–H and O–H groups in total. The number of rotatable bonds is 8. The van der Waals surface area contributed by atoms with Crippen molar-refractivity contribution in [1.82, 2.24) is 10.6 Å². The summed E-state index contributed by atoms with van der Waals surface area (Å²) < 4.78 is 58.1. The molecule has 0 unspecified atom stereocenters. The molecular formula is C17H27F2N3O4S. The molecule has 0 saturated heterocycles. The van der Waals surface area contributed by atoms with Crippen molar-refractivity contribution < 1.29 is 26.7 Å². The number of methoxy groups -OCH3 is 1. The minimum atomic E-state index is -3.26. The Morgan fingerprint density at radius 3 is 2.44 bits per heavy atom. The maximum absolute atomic E-state index is 12.6. The lowest BCUT2D eigenvalue weighted by atomic mass is 10.2. The highest BCUT2D eigenvalue weighted by Gasteiger charge is 2.28. The molecule has 0 heterocycles. The fourth-order valence-corrected chi connectivity index (χ4v) is 3.02. The maximum Gasteiger partial charge on any atom is 0.387 e. The molecule has 10 heteroatoms. The van der Waals surface area contributed by atoms with Gasteiger partial charge in [-0.1, -0.05) is 0 Å². The van der Waals surface area contributed by atoms with Gasteiger partial charge in [0.05, 0.1) is 17.6 Å². The van der Waals surface area contributed by atoms with Crippen molar-refractivity contribution in [2.24, 2.45) is 4.99 Å². The number of sulfone groups is 1. The van der Waals surface area contributed by atoms with E-state index in [-0.39, 0.29) is 24.6 Å². The van der Waals surface area contributed by atoms with Gasteiger partial charge in [-0.3, -0.25) is 4.99 Å². The summed E-state index contributed by atoms with van der Waals surface area (Å²) in [7, 11) is -0.271. The first-order chi connectivity index (χ1) is 12.5. The van der Waals surface area contributed by atoms with Crippen LogP contribution in [0.5, 0.6) is 11.5 Å². The molecule has 0 spiro atoms. The molecule has 0 fully saturated rings. The molecule has 27 heavy (non-hydrogen) atoms. The SMILES string of the molecule is CN=C(NCCS(=O)(=O)C(C)(C)C)NCc1cc(OC)ccc1OC(F)F. The Kier molecular flexibility index (Phi) is 8.26. The summed E-state index contributed by atoms with van der Waals surface area (Å²) in [5.41, 5.74) is 0.444. The fraction of sp³-hybridized carbons (Fsp3) is 0.588. The van der Waals surface area contributed by atoms with E-state index in [1.807, 2.05) is 0 Å². The molecule has 0 saturated carbocycles. The smallest absolute Gasteiger partial charge is 0.387 e. The van der Waals surface area contributed by atoms with Gasteiger partial charge in [0, 0.05) is 25.7 Å². The van der Waals surface area contributed by atoms with Crippen LogP contribution in [0.2, 0.25) is 0 Å². The van der Waals surface area contributed by atoms with Gasteiger partial charge in [-0.25, -0.2) is 8.42 Å². The number of nitrogens with zero attached hydrogens (tertiary/aromatic N) is 1. The number of alkyl halides is 2. The number of ether oxygens (including phenoxy) is 2. The topological polar surface area (TPSA) is 89.0 Å². The lowest BCUT2D eigenvalue weighted by Gasteiger charge is -2.20. The highest BCUT2D eigenvalue weighted by Crippen LogP contribution is 2.25. The molecule has 154 valence electrons. The number of guanidine groups is 1. The van der Waals surface area contributed by atoms with Crippen molar-refractivity contribution in [3.63, 3.8) is 0 Å². The molecular weight excluding hydrogens is 380 g/mol. The molecule has 1 aromatic rings. The van der Waals surface area contributed by atoms with E-state index in [0.29, 0.717) is 17.3 Å². The second kappa shape index (κ2) is 9.72. The summed E-state index contributed by atoms with van der Waals surface area (Å²) in [5, 5.41) is 5.84. The molecule has 0 aliphatic rings. The number of hydrogen-bond acceptors (Lipinski definition) is 5. The van der Waals surface area contributed by atoms with E-state index in [0.717, 1.165) is 0 Å². The summed E-state index contributed by atoms with van der Waals surface area (Å²) in [5.74, 6) is 0.789. The van der Waals surface area contributed by atoms with Gasteiger partial charge in [0.25, 0.3) is 0 Å². The highest BCUT2D eigenvalue weighted by molar-refractivity contribution is 7.92. The van der Waals surface area contributed by atoms with E-state index in [9.17, 15) is 17.2 Å². The third kappa shape index (κ3) is 7.20. The van der Waals surface area contributed by atoms with Gasteiger partial charge >= 0.3 is 6.61 Å². The quantitative estimate of drug-likeness (QED) is 0.507. The van der Waals surface area contributed by atoms with Gasteiger partial charge in [0.15, 0.2) is 15.8 Å². The number of benzene rings is 1. The number of hydrogen-bond donors (Lipinski definition) is 2. The molecule has 1 aromatic carbocycles. The van der Waals surface area contributed by atoms with Crippen molar-refractivity contribution in [2.75, 3.05) is 26.5 Å². The first-order valence-electron chi connectivity index (χ1n) is 8.28. The average Bonchev–Trinajstić information content (AvgIpc) is 2.57. The normalized spacial score (nSPS) is 12.8. The molecule has 0 aromatic heterocycles. The van der Waals surface area contributed by atoms with Crippen molar-refractivity contribution >= 4 is 15.8 Å². The lowest BCUT2D eigenvalue weighted by Crippen LogP contribution is -2.41. The standard InChI is InChI=1S/C17H27F2N3O4S/c1-17(2,3)27(23,24)9-8-21-16(20-4)22-11-12-10-13(25-5)6-7-14(12)26-15(18)19/h6-7,10,15H,8-9,11H2,1-5H3,(H2,20,21,22). The van der Waals surface area contributed by atoms with E-state index in [2.05, 4.69) is 20.4 Å². The molecule has 7 nitrogen and oxygen atoms in total. The maximum atomic E-state index is 12.6. The van der Waals surface area contributed by atoms with Crippen LogP contribution in [-0.4, -0.2) is 52.2 Å². The monoisotopic (exact) mass is 407 g/mol. The first-order valence-corrected chi connectivity index (χ1v) is 9.94. The highest BCUT2D eigenvalue weighted by atomic mass is 32.2. The second-order valence-corrected chi connectivity index (χ2v) is 9.50. The van der Waals surface area contributed by atoms with Crippen LogP contribution in [-0.2, 0) is 16.4 Å². The van der Waals surface area contributed by atoms with Crippen LogP contribution >= 0.6 is 0 Å². The zero-order chi connectivity index (χ0) is 20.7. The van der Waals surface area contributed by atoms with Crippen LogP contribution in [0, 0.1) is 0 Å². The lowest BCUT2D eigenvalue weighted by molar-refractivity contribution is -0.0505. The molecule has 0 aliphatic heterocycles. The van der Waals surface area contributed by atoms with Crippen LogP contribution in [0.25, 0.3) is 0 Å². The van der Waals surface area contributed by atoms with E-state index in [1.165, 1.54) is 26.3 Å². The molecule has 1 rings (SSSR count). The van der Waals surface area contributed by atoms with E-state index < -0.39 is 21.2 Å². The Labute approximate surface area is 159 Å². The Morgan fingerprint density at radius 2 is 1.93 bits per heavy atom. The minimum Gasteiger partial charge on any atom is -0.497 e. The summed E-state index contributed by atoms with van der Waals surface area (Å²) in [6, 6.07) is 4.49. The Morgan fingerprint density at radius 1 is 1.26 bits per heavy atom. The summed E-state index contributed by atoms with van der Waals surface area (Å²) in [6.45, 7) is 2.27. The van der Waals surface area contributed by atoms with Gasteiger partial charge in [-0.15, -0.1) is 0 Å². The second-order valence-electron chi connectivity index (χ2n) is 6.64. The van der Waals surface area contributed by atoms with E-state index in [4.69, 9.17) is 4.74 Å². The average molecular weight is 407 g/mol. The van der Waals surface area contributed by atoms with Crippen molar-refractivity contribution in [2.45, 2.75) is 38.7 Å². The van der Waals surface area contributed by atoms with E-state index in [1.54, 1.807) is 26.8 Å². The predicted molar refractivity (Wildman–Crippen MR) is 101 cm³/mol. The predicted octanol–water partition coefficient (Wildman–Crippen LogP) is 2.17. The van der Waals surface area contributed by atoms with Crippen LogP contribution in [0.15, 0.2) is 23.2 Å². The van der Waals surface area contributed by atoms with Gasteiger partial charge in [0.2, 0.25) is 0 Å². The van der Waals surface area contributed by atoms with Gasteiger partial charge in [0.1, 0.15) is 11.5 Å². The van der Waals surface area contributed by atoms with Crippen molar-refractivity contribution in [3.05, 3.63) is 23.8 Å². The summed E-state index contributed by atoms with van der Waals surface area (Å²) in [4.78, 5) is 4.00. The zero-order valence-corrected chi connectivity index (χ0v) is 17.0. The summed E-state index contributed by atoms with van der Waals surface area (Å²) >= 11 is 0. The molecule has 0 aliphatic carbocycles. The number of aliphatic imine (C=N–C) groups is 1. The number of halogens is 2. The molecule has 0 amide bonds. The summed E-state index contributed by atoms with van der Waals surface area (Å²) in [6.07, 6.45) is 0. The zero-order valence-electron chi connectivity index (χ0n) is 16.2. The first kappa shape index (κ1) is 22.9. The fourth-order valence-electron chi connectivity index (χ4n) is 2.04. The molecule has 0 atom stereocenters. The third-order valence-electron chi connectivity index (χ3n) is 3.75. The van der Waals surface area contributed by atoms with Crippen molar-refractivity contribution in [3.8, 4) is 11.5 Å².